The Morgan fingerprint density at radius 2 is 1.32 bits per heavy atom. The first kappa shape index (κ1) is 17.4. The van der Waals surface area contributed by atoms with Crippen LogP contribution in [0.3, 0.4) is 0 Å². The van der Waals surface area contributed by atoms with Crippen molar-refractivity contribution in [2.45, 2.75) is 13.8 Å². The summed E-state index contributed by atoms with van der Waals surface area (Å²) in [7, 11) is 0. The smallest absolute Gasteiger partial charge is 0.343 e. The lowest BCUT2D eigenvalue weighted by atomic mass is 10.1. The van der Waals surface area contributed by atoms with Gasteiger partial charge < -0.3 is 13.9 Å². The summed E-state index contributed by atoms with van der Waals surface area (Å²) >= 11 is 2.84. The van der Waals surface area contributed by atoms with Crippen molar-refractivity contribution in [3.05, 3.63) is 46.2 Å². The van der Waals surface area contributed by atoms with Gasteiger partial charge in [0.25, 0.3) is 0 Å². The van der Waals surface area contributed by atoms with Crippen LogP contribution in [-0.4, -0.2) is 25.2 Å². The summed E-state index contributed by atoms with van der Waals surface area (Å²) in [5, 5.41) is 3.75. The third kappa shape index (κ3) is 3.38. The number of thiophene rings is 2. The van der Waals surface area contributed by atoms with Crippen LogP contribution in [0.15, 0.2) is 39.4 Å². The molecule has 0 bridgehead atoms. The number of ether oxygens (including phenoxy) is 2. The molecule has 0 amide bonds. The summed E-state index contributed by atoms with van der Waals surface area (Å²) in [5.74, 6) is -0.527. The zero-order valence-electron chi connectivity index (χ0n) is 13.7. The van der Waals surface area contributed by atoms with Crippen molar-refractivity contribution in [1.82, 2.24) is 0 Å². The minimum atomic E-state index is -0.597. The lowest BCUT2D eigenvalue weighted by Gasteiger charge is -2.05. The number of rotatable bonds is 6. The van der Waals surface area contributed by atoms with Crippen molar-refractivity contribution in [3.63, 3.8) is 0 Å². The molecule has 0 spiro atoms. The second kappa shape index (κ2) is 7.67. The van der Waals surface area contributed by atoms with Crippen LogP contribution >= 0.6 is 22.7 Å². The monoisotopic (exact) mass is 376 g/mol. The van der Waals surface area contributed by atoms with Crippen molar-refractivity contribution >= 4 is 34.6 Å². The van der Waals surface area contributed by atoms with Crippen molar-refractivity contribution in [3.8, 4) is 21.3 Å². The van der Waals surface area contributed by atoms with Crippen LogP contribution in [0.2, 0.25) is 0 Å². The third-order valence-corrected chi connectivity index (χ3v) is 5.09. The number of carbonyl (C=O) groups is 2. The molecule has 0 fully saturated rings. The van der Waals surface area contributed by atoms with Gasteiger partial charge >= 0.3 is 11.9 Å². The maximum atomic E-state index is 12.6. The van der Waals surface area contributed by atoms with Crippen LogP contribution in [-0.2, 0) is 9.47 Å². The fraction of sp³-hybridized carbons (Fsp3) is 0.222. The van der Waals surface area contributed by atoms with E-state index in [4.69, 9.17) is 13.9 Å². The number of hydrogen-bond acceptors (Lipinski definition) is 7. The Hall–Kier alpha value is -2.38. The van der Waals surface area contributed by atoms with Gasteiger partial charge in [0.15, 0.2) is 11.5 Å². The van der Waals surface area contributed by atoms with Crippen LogP contribution in [0.25, 0.3) is 21.3 Å². The Morgan fingerprint density at radius 1 is 0.880 bits per heavy atom. The molecule has 0 atom stereocenters. The van der Waals surface area contributed by atoms with Gasteiger partial charge in [0.05, 0.1) is 23.0 Å². The molecule has 0 aliphatic rings. The van der Waals surface area contributed by atoms with Gasteiger partial charge in [-0.3, -0.25) is 0 Å². The first-order valence-electron chi connectivity index (χ1n) is 7.76. The van der Waals surface area contributed by atoms with Gasteiger partial charge in [-0.05, 0) is 36.7 Å². The number of carbonyl (C=O) groups excluding carboxylic acids is 2. The summed E-state index contributed by atoms with van der Waals surface area (Å²) in [6.07, 6.45) is 0. The molecule has 0 N–H and O–H groups in total. The highest BCUT2D eigenvalue weighted by Gasteiger charge is 2.33. The molecule has 3 aromatic heterocycles. The van der Waals surface area contributed by atoms with Crippen LogP contribution < -0.4 is 0 Å². The number of esters is 2. The molecule has 0 radical (unpaired) electrons. The molecule has 3 heterocycles. The molecule has 7 heteroatoms. The van der Waals surface area contributed by atoms with Crippen LogP contribution in [0.5, 0.6) is 0 Å². The highest BCUT2D eigenvalue weighted by Crippen LogP contribution is 2.41. The predicted octanol–water partition coefficient (Wildman–Crippen LogP) is 5.09. The van der Waals surface area contributed by atoms with E-state index in [9.17, 15) is 9.59 Å². The molecule has 0 aliphatic heterocycles. The Kier molecular flexibility index (Phi) is 5.35. The summed E-state index contributed by atoms with van der Waals surface area (Å²) in [6.45, 7) is 3.83. The van der Waals surface area contributed by atoms with Crippen molar-refractivity contribution in [2.75, 3.05) is 13.2 Å². The first-order chi connectivity index (χ1) is 12.2. The summed E-state index contributed by atoms with van der Waals surface area (Å²) in [4.78, 5) is 26.7. The average Bonchev–Trinajstić information content (AvgIpc) is 3.33. The molecule has 3 rings (SSSR count). The summed E-state index contributed by atoms with van der Waals surface area (Å²) < 4.78 is 16.3. The maximum absolute atomic E-state index is 12.6. The maximum Gasteiger partial charge on any atom is 0.343 e. The average molecular weight is 376 g/mol. The molecular weight excluding hydrogens is 360 g/mol. The Labute approximate surface area is 152 Å². The van der Waals surface area contributed by atoms with E-state index in [1.165, 1.54) is 22.7 Å². The van der Waals surface area contributed by atoms with Crippen molar-refractivity contribution in [2.24, 2.45) is 0 Å². The van der Waals surface area contributed by atoms with E-state index in [1.54, 1.807) is 13.8 Å². The Bertz CT molecular complexity index is 789. The standard InChI is InChI=1S/C18H16O5S2/c1-3-21-17(19)13-14(18(20)22-4-2)16(12-8-6-10-25-12)23-15(13)11-7-5-9-24-11/h5-10H,3-4H2,1-2H3. The van der Waals surface area contributed by atoms with Gasteiger partial charge in [-0.25, -0.2) is 9.59 Å². The minimum absolute atomic E-state index is 0.117. The lowest BCUT2D eigenvalue weighted by Crippen LogP contribution is -2.13. The molecule has 0 aromatic carbocycles. The molecule has 130 valence electrons. The summed E-state index contributed by atoms with van der Waals surface area (Å²) in [6, 6.07) is 7.37. The van der Waals surface area contributed by atoms with Crippen molar-refractivity contribution < 1.29 is 23.5 Å². The fourth-order valence-corrected chi connectivity index (χ4v) is 3.81. The molecule has 3 aromatic rings. The largest absolute Gasteiger partial charge is 0.462 e. The Balaban J connectivity index is 2.27. The van der Waals surface area contributed by atoms with Crippen LogP contribution in [0.1, 0.15) is 34.6 Å². The summed E-state index contributed by atoms with van der Waals surface area (Å²) in [5.41, 5.74) is 0.234. The molecule has 25 heavy (non-hydrogen) atoms. The molecule has 0 saturated carbocycles. The first-order valence-corrected chi connectivity index (χ1v) is 9.52. The zero-order valence-corrected chi connectivity index (χ0v) is 15.4. The van der Waals surface area contributed by atoms with E-state index in [0.29, 0.717) is 11.5 Å². The number of hydrogen-bond donors (Lipinski definition) is 0. The van der Waals surface area contributed by atoms with Gasteiger partial charge in [-0.1, -0.05) is 12.1 Å². The zero-order chi connectivity index (χ0) is 17.8. The Morgan fingerprint density at radius 3 is 1.64 bits per heavy atom. The van der Waals surface area contributed by atoms with E-state index in [1.807, 2.05) is 35.0 Å². The predicted molar refractivity (Wildman–Crippen MR) is 97.2 cm³/mol. The van der Waals surface area contributed by atoms with E-state index in [-0.39, 0.29) is 24.3 Å². The third-order valence-electron chi connectivity index (χ3n) is 3.36. The quantitative estimate of drug-likeness (QED) is 0.561. The molecule has 0 aliphatic carbocycles. The molecule has 0 saturated heterocycles. The van der Waals surface area contributed by atoms with E-state index < -0.39 is 11.9 Å². The fourth-order valence-electron chi connectivity index (χ4n) is 2.39. The SMILES string of the molecule is CCOC(=O)c1c(-c2cccs2)oc(-c2cccs2)c1C(=O)OCC. The van der Waals surface area contributed by atoms with Crippen molar-refractivity contribution in [1.29, 1.82) is 0 Å². The van der Waals surface area contributed by atoms with Crippen LogP contribution in [0.4, 0.5) is 0 Å². The second-order valence-corrected chi connectivity index (χ2v) is 6.80. The second-order valence-electron chi connectivity index (χ2n) is 4.91. The number of furan rings is 1. The van der Waals surface area contributed by atoms with E-state index in [0.717, 1.165) is 9.75 Å². The lowest BCUT2D eigenvalue weighted by molar-refractivity contribution is 0.0481. The molecular formula is C18H16O5S2. The van der Waals surface area contributed by atoms with Gasteiger partial charge in [-0.15, -0.1) is 22.7 Å². The topological polar surface area (TPSA) is 65.7 Å². The van der Waals surface area contributed by atoms with E-state index in [2.05, 4.69) is 0 Å². The van der Waals surface area contributed by atoms with Crippen LogP contribution in [0, 0.1) is 0 Å². The molecule has 0 unspecified atom stereocenters. The normalized spacial score (nSPS) is 10.6. The van der Waals surface area contributed by atoms with Gasteiger partial charge in [0, 0.05) is 0 Å². The molecule has 5 nitrogen and oxygen atoms in total. The van der Waals surface area contributed by atoms with E-state index >= 15 is 0 Å². The highest BCUT2D eigenvalue weighted by molar-refractivity contribution is 7.14. The highest BCUT2D eigenvalue weighted by atomic mass is 32.1. The van der Waals surface area contributed by atoms with Gasteiger partial charge in [0.2, 0.25) is 0 Å². The van der Waals surface area contributed by atoms with Gasteiger partial charge in [-0.2, -0.15) is 0 Å². The minimum Gasteiger partial charge on any atom is -0.462 e. The van der Waals surface area contributed by atoms with Gasteiger partial charge in [0.1, 0.15) is 11.1 Å².